The number of amides is 1. The van der Waals surface area contributed by atoms with Crippen LogP contribution in [0.3, 0.4) is 0 Å². The van der Waals surface area contributed by atoms with Crippen LogP contribution in [0.5, 0.6) is 5.75 Å². The molecule has 3 rings (SSSR count). The molecular formula is C20H23NO4. The minimum absolute atomic E-state index is 0.00840. The molecule has 1 unspecified atom stereocenters. The van der Waals surface area contributed by atoms with E-state index < -0.39 is 6.10 Å². The quantitative estimate of drug-likeness (QED) is 0.907. The van der Waals surface area contributed by atoms with Crippen LogP contribution in [0.4, 0.5) is 0 Å². The smallest absolute Gasteiger partial charge is 0.254 e. The fourth-order valence-electron chi connectivity index (χ4n) is 2.99. The Balaban J connectivity index is 1.68. The monoisotopic (exact) mass is 341 g/mol. The van der Waals surface area contributed by atoms with Gasteiger partial charge in [-0.25, -0.2) is 0 Å². The predicted molar refractivity (Wildman–Crippen MR) is 94.8 cm³/mol. The number of carbonyl (C=O) groups is 1. The van der Waals surface area contributed by atoms with E-state index in [2.05, 4.69) is 0 Å². The summed E-state index contributed by atoms with van der Waals surface area (Å²) in [7, 11) is 1.62. The number of morpholine rings is 1. The first-order valence-corrected chi connectivity index (χ1v) is 8.46. The number of aliphatic hydroxyl groups is 1. The minimum Gasteiger partial charge on any atom is -0.496 e. The van der Waals surface area contributed by atoms with Gasteiger partial charge < -0.3 is 19.5 Å². The van der Waals surface area contributed by atoms with Gasteiger partial charge in [0.15, 0.2) is 0 Å². The van der Waals surface area contributed by atoms with Gasteiger partial charge in [0.25, 0.3) is 5.91 Å². The molecule has 1 aliphatic heterocycles. The molecule has 132 valence electrons. The molecule has 2 aromatic rings. The van der Waals surface area contributed by atoms with Crippen molar-refractivity contribution < 1.29 is 19.4 Å². The highest BCUT2D eigenvalue weighted by Crippen LogP contribution is 2.25. The molecule has 5 heteroatoms. The zero-order valence-corrected chi connectivity index (χ0v) is 14.4. The van der Waals surface area contributed by atoms with Gasteiger partial charge in [0.2, 0.25) is 0 Å². The van der Waals surface area contributed by atoms with Gasteiger partial charge in [-0.2, -0.15) is 0 Å². The zero-order valence-electron chi connectivity index (χ0n) is 14.4. The average Bonchev–Trinajstić information content (AvgIpc) is 2.68. The SMILES string of the molecule is COc1ccccc1CC(O)c1ccc(C(=O)N2CCOCC2)cc1. The van der Waals surface area contributed by atoms with Crippen molar-refractivity contribution in [2.45, 2.75) is 12.5 Å². The van der Waals surface area contributed by atoms with Crippen molar-refractivity contribution in [3.05, 3.63) is 65.2 Å². The van der Waals surface area contributed by atoms with Gasteiger partial charge >= 0.3 is 0 Å². The third-order valence-electron chi connectivity index (χ3n) is 4.45. The zero-order chi connectivity index (χ0) is 17.6. The predicted octanol–water partition coefficient (Wildman–Crippen LogP) is 2.44. The van der Waals surface area contributed by atoms with Crippen LogP contribution in [-0.4, -0.2) is 49.3 Å². The van der Waals surface area contributed by atoms with Gasteiger partial charge in [-0.1, -0.05) is 30.3 Å². The van der Waals surface area contributed by atoms with E-state index >= 15 is 0 Å². The summed E-state index contributed by atoms with van der Waals surface area (Å²) in [4.78, 5) is 14.2. The highest BCUT2D eigenvalue weighted by Gasteiger charge is 2.19. The number of hydrogen-bond donors (Lipinski definition) is 1. The lowest BCUT2D eigenvalue weighted by molar-refractivity contribution is 0.0303. The Hall–Kier alpha value is -2.37. The van der Waals surface area contributed by atoms with Gasteiger partial charge in [-0.05, 0) is 29.3 Å². The summed E-state index contributed by atoms with van der Waals surface area (Å²) in [6, 6.07) is 14.8. The van der Waals surface area contributed by atoms with Crippen LogP contribution >= 0.6 is 0 Å². The topological polar surface area (TPSA) is 59.0 Å². The Labute approximate surface area is 147 Å². The summed E-state index contributed by atoms with van der Waals surface area (Å²) in [6.07, 6.45) is -0.190. The molecule has 1 atom stereocenters. The molecule has 0 aliphatic carbocycles. The largest absolute Gasteiger partial charge is 0.496 e. The van der Waals surface area contributed by atoms with Crippen molar-refractivity contribution in [1.29, 1.82) is 0 Å². The molecule has 1 amide bonds. The van der Waals surface area contributed by atoms with Crippen molar-refractivity contribution in [3.63, 3.8) is 0 Å². The first kappa shape index (κ1) is 17.5. The van der Waals surface area contributed by atoms with Crippen LogP contribution in [0, 0.1) is 0 Å². The lowest BCUT2D eigenvalue weighted by Gasteiger charge is -2.27. The number of methoxy groups -OCH3 is 1. The van der Waals surface area contributed by atoms with E-state index in [0.29, 0.717) is 38.3 Å². The molecule has 0 radical (unpaired) electrons. The van der Waals surface area contributed by atoms with Crippen molar-refractivity contribution in [3.8, 4) is 5.75 Å². The molecular weight excluding hydrogens is 318 g/mol. The van der Waals surface area contributed by atoms with E-state index in [-0.39, 0.29) is 5.91 Å². The van der Waals surface area contributed by atoms with Gasteiger partial charge in [-0.3, -0.25) is 4.79 Å². The van der Waals surface area contributed by atoms with Gasteiger partial charge in [0.1, 0.15) is 5.75 Å². The first-order chi connectivity index (χ1) is 12.2. The second-order valence-corrected chi connectivity index (χ2v) is 6.06. The van der Waals surface area contributed by atoms with E-state index in [4.69, 9.17) is 9.47 Å². The number of hydrogen-bond acceptors (Lipinski definition) is 4. The second-order valence-electron chi connectivity index (χ2n) is 6.06. The van der Waals surface area contributed by atoms with Crippen molar-refractivity contribution in [1.82, 2.24) is 4.90 Å². The lowest BCUT2D eigenvalue weighted by Crippen LogP contribution is -2.40. The molecule has 1 N–H and O–H groups in total. The molecule has 1 heterocycles. The number of benzene rings is 2. The fraction of sp³-hybridized carbons (Fsp3) is 0.350. The number of aliphatic hydroxyl groups excluding tert-OH is 1. The molecule has 2 aromatic carbocycles. The summed E-state index contributed by atoms with van der Waals surface area (Å²) in [6.45, 7) is 2.41. The van der Waals surface area contributed by atoms with Crippen LogP contribution in [0.25, 0.3) is 0 Å². The molecule has 0 spiro atoms. The van der Waals surface area contributed by atoms with Crippen LogP contribution in [0.1, 0.15) is 27.6 Å². The Kier molecular flexibility index (Phi) is 5.68. The Morgan fingerprint density at radius 1 is 1.16 bits per heavy atom. The molecule has 1 saturated heterocycles. The summed E-state index contributed by atoms with van der Waals surface area (Å²) in [5, 5.41) is 10.5. The molecule has 1 aliphatic rings. The van der Waals surface area contributed by atoms with Crippen molar-refractivity contribution >= 4 is 5.91 Å². The van der Waals surface area contributed by atoms with Crippen LogP contribution in [-0.2, 0) is 11.2 Å². The third kappa shape index (κ3) is 4.18. The summed E-state index contributed by atoms with van der Waals surface area (Å²) < 4.78 is 10.6. The summed E-state index contributed by atoms with van der Waals surface area (Å²) in [5.74, 6) is 0.773. The minimum atomic E-state index is -0.649. The van der Waals surface area contributed by atoms with E-state index in [1.807, 2.05) is 36.4 Å². The van der Waals surface area contributed by atoms with Gasteiger partial charge in [0, 0.05) is 25.1 Å². The van der Waals surface area contributed by atoms with Gasteiger partial charge in [-0.15, -0.1) is 0 Å². The third-order valence-corrected chi connectivity index (χ3v) is 4.45. The molecule has 0 aromatic heterocycles. The normalized spacial score (nSPS) is 15.7. The maximum absolute atomic E-state index is 12.4. The second kappa shape index (κ2) is 8.14. The Morgan fingerprint density at radius 2 is 1.84 bits per heavy atom. The van der Waals surface area contributed by atoms with Gasteiger partial charge in [0.05, 0.1) is 26.4 Å². The van der Waals surface area contributed by atoms with Crippen molar-refractivity contribution in [2.24, 2.45) is 0 Å². The number of carbonyl (C=O) groups excluding carboxylic acids is 1. The highest BCUT2D eigenvalue weighted by atomic mass is 16.5. The summed E-state index contributed by atoms with van der Waals surface area (Å²) >= 11 is 0. The number of rotatable bonds is 5. The van der Waals surface area contributed by atoms with Crippen LogP contribution in [0.2, 0.25) is 0 Å². The van der Waals surface area contributed by atoms with Crippen LogP contribution < -0.4 is 4.74 Å². The molecule has 0 saturated carbocycles. The van der Waals surface area contributed by atoms with Crippen LogP contribution in [0.15, 0.2) is 48.5 Å². The molecule has 25 heavy (non-hydrogen) atoms. The highest BCUT2D eigenvalue weighted by molar-refractivity contribution is 5.94. The molecule has 1 fully saturated rings. The summed E-state index contributed by atoms with van der Waals surface area (Å²) in [5.41, 5.74) is 2.37. The maximum atomic E-state index is 12.4. The maximum Gasteiger partial charge on any atom is 0.254 e. The van der Waals surface area contributed by atoms with E-state index in [9.17, 15) is 9.90 Å². The number of ether oxygens (including phenoxy) is 2. The van der Waals surface area contributed by atoms with E-state index in [1.54, 1.807) is 24.1 Å². The lowest BCUT2D eigenvalue weighted by atomic mass is 9.99. The Bertz CT molecular complexity index is 708. The average molecular weight is 341 g/mol. The Morgan fingerprint density at radius 3 is 2.52 bits per heavy atom. The number of para-hydroxylation sites is 1. The molecule has 0 bridgehead atoms. The van der Waals surface area contributed by atoms with E-state index in [0.717, 1.165) is 16.9 Å². The first-order valence-electron chi connectivity index (χ1n) is 8.46. The fourth-order valence-corrected chi connectivity index (χ4v) is 2.99. The van der Waals surface area contributed by atoms with Crippen molar-refractivity contribution in [2.75, 3.05) is 33.4 Å². The molecule has 5 nitrogen and oxygen atoms in total. The number of nitrogens with zero attached hydrogens (tertiary/aromatic N) is 1. The van der Waals surface area contributed by atoms with E-state index in [1.165, 1.54) is 0 Å². The standard InChI is InChI=1S/C20H23NO4/c1-24-19-5-3-2-4-17(19)14-18(22)15-6-8-16(9-7-15)20(23)21-10-12-25-13-11-21/h2-9,18,22H,10-14H2,1H3.